The van der Waals surface area contributed by atoms with E-state index in [1.807, 2.05) is 12.2 Å². The summed E-state index contributed by atoms with van der Waals surface area (Å²) in [6, 6.07) is 0. The van der Waals surface area contributed by atoms with Gasteiger partial charge in [0.15, 0.2) is 0 Å². The van der Waals surface area contributed by atoms with E-state index in [1.54, 1.807) is 6.08 Å². The van der Waals surface area contributed by atoms with E-state index in [0.29, 0.717) is 19.6 Å². The van der Waals surface area contributed by atoms with Crippen LogP contribution < -0.4 is 0 Å². The summed E-state index contributed by atoms with van der Waals surface area (Å²) in [6.45, 7) is 4.47. The van der Waals surface area contributed by atoms with Crippen LogP contribution in [0.5, 0.6) is 0 Å². The molecule has 106 valence electrons. The number of carbonyl (C=O) groups excluding carboxylic acids is 1. The van der Waals surface area contributed by atoms with Gasteiger partial charge in [0.2, 0.25) is 0 Å². The molecule has 1 unspecified atom stereocenters. The molecule has 0 fully saturated rings. The van der Waals surface area contributed by atoms with E-state index in [2.05, 4.69) is 6.58 Å². The Kier molecular flexibility index (Phi) is 7.66. The maximum atomic E-state index is 10.8. The van der Waals surface area contributed by atoms with Crippen molar-refractivity contribution >= 4 is 5.97 Å². The van der Waals surface area contributed by atoms with Crippen LogP contribution in [0.4, 0.5) is 0 Å². The molecule has 0 radical (unpaired) electrons. The third-order valence-electron chi connectivity index (χ3n) is 2.76. The van der Waals surface area contributed by atoms with Crippen molar-refractivity contribution in [2.45, 2.75) is 38.2 Å². The van der Waals surface area contributed by atoms with Gasteiger partial charge in [0.05, 0.1) is 19.3 Å². The third kappa shape index (κ3) is 7.47. The van der Waals surface area contributed by atoms with Crippen LogP contribution in [0.3, 0.4) is 0 Å². The maximum Gasteiger partial charge on any atom is 0.330 e. The number of esters is 1. The normalized spacial score (nSPS) is 17.7. The fourth-order valence-electron chi connectivity index (χ4n) is 1.68. The summed E-state index contributed by atoms with van der Waals surface area (Å²) in [4.78, 5) is 10.8. The van der Waals surface area contributed by atoms with Crippen LogP contribution in [0, 0.1) is 0 Å². The van der Waals surface area contributed by atoms with Gasteiger partial charge in [-0.3, -0.25) is 0 Å². The van der Waals surface area contributed by atoms with Gasteiger partial charge in [-0.05, 0) is 44.3 Å². The van der Waals surface area contributed by atoms with Crippen molar-refractivity contribution in [1.29, 1.82) is 0 Å². The van der Waals surface area contributed by atoms with Crippen molar-refractivity contribution in [3.63, 3.8) is 0 Å². The molecule has 0 aliphatic heterocycles. The minimum absolute atomic E-state index is 0.360. The van der Waals surface area contributed by atoms with Gasteiger partial charge in [-0.15, -0.1) is 0 Å². The van der Waals surface area contributed by atoms with E-state index in [0.717, 1.165) is 31.4 Å². The quantitative estimate of drug-likeness (QED) is 0.396. The van der Waals surface area contributed by atoms with Crippen molar-refractivity contribution < 1.29 is 19.4 Å². The highest BCUT2D eigenvalue weighted by molar-refractivity contribution is 5.81. The standard InChI is InChI=1S/C15H22O4/c1-2-15(17)19-12-6-4-3-5-11-18-14-9-7-13(16)8-10-14/h2,7,9-10,13,16H,1,3-6,8,11-12H2. The Balaban J connectivity index is 1.90. The SMILES string of the molecule is C=CC(=O)OCCCCCCOC1=CCC(O)C=C1. The zero-order valence-corrected chi connectivity index (χ0v) is 11.2. The molecule has 1 rings (SSSR count). The highest BCUT2D eigenvalue weighted by Crippen LogP contribution is 2.12. The number of aliphatic hydroxyl groups is 1. The van der Waals surface area contributed by atoms with Crippen LogP contribution >= 0.6 is 0 Å². The minimum atomic E-state index is -0.370. The first-order valence-corrected chi connectivity index (χ1v) is 6.71. The predicted molar refractivity (Wildman–Crippen MR) is 73.4 cm³/mol. The molecule has 0 saturated heterocycles. The highest BCUT2D eigenvalue weighted by atomic mass is 16.5. The Hall–Kier alpha value is -1.55. The molecule has 0 bridgehead atoms. The van der Waals surface area contributed by atoms with Gasteiger partial charge < -0.3 is 14.6 Å². The number of hydrogen-bond donors (Lipinski definition) is 1. The van der Waals surface area contributed by atoms with Crippen LogP contribution in [-0.4, -0.2) is 30.4 Å². The Morgan fingerprint density at radius 3 is 2.74 bits per heavy atom. The molecule has 4 heteroatoms. The molecule has 0 heterocycles. The smallest absolute Gasteiger partial charge is 0.330 e. The van der Waals surface area contributed by atoms with E-state index in [4.69, 9.17) is 9.47 Å². The molecule has 4 nitrogen and oxygen atoms in total. The van der Waals surface area contributed by atoms with E-state index >= 15 is 0 Å². The lowest BCUT2D eigenvalue weighted by Gasteiger charge is -2.12. The van der Waals surface area contributed by atoms with Crippen LogP contribution in [0.1, 0.15) is 32.1 Å². The minimum Gasteiger partial charge on any atom is -0.494 e. The van der Waals surface area contributed by atoms with Gasteiger partial charge in [0.1, 0.15) is 5.76 Å². The predicted octanol–water partition coefficient (Wildman–Crippen LogP) is 2.50. The number of unbranched alkanes of at least 4 members (excludes halogenated alkanes) is 3. The molecule has 0 aromatic rings. The van der Waals surface area contributed by atoms with Crippen LogP contribution in [0.2, 0.25) is 0 Å². The molecule has 1 aliphatic rings. The van der Waals surface area contributed by atoms with Gasteiger partial charge in [-0.1, -0.05) is 12.7 Å². The first-order valence-electron chi connectivity index (χ1n) is 6.71. The van der Waals surface area contributed by atoms with Crippen molar-refractivity contribution in [2.24, 2.45) is 0 Å². The average molecular weight is 266 g/mol. The Morgan fingerprint density at radius 2 is 2.11 bits per heavy atom. The summed E-state index contributed by atoms with van der Waals surface area (Å²) in [6.07, 6.45) is 10.8. The average Bonchev–Trinajstić information content (AvgIpc) is 2.43. The van der Waals surface area contributed by atoms with Crippen molar-refractivity contribution in [3.8, 4) is 0 Å². The lowest BCUT2D eigenvalue weighted by molar-refractivity contribution is -0.137. The summed E-state index contributed by atoms with van der Waals surface area (Å²) in [5.74, 6) is 0.478. The summed E-state index contributed by atoms with van der Waals surface area (Å²) in [7, 11) is 0. The molecule has 1 N–H and O–H groups in total. The van der Waals surface area contributed by atoms with Gasteiger partial charge >= 0.3 is 5.97 Å². The number of hydrogen-bond acceptors (Lipinski definition) is 4. The largest absolute Gasteiger partial charge is 0.494 e. The van der Waals surface area contributed by atoms with E-state index in [1.165, 1.54) is 6.08 Å². The van der Waals surface area contributed by atoms with Gasteiger partial charge in [0, 0.05) is 6.08 Å². The molecule has 0 spiro atoms. The fraction of sp³-hybridized carbons (Fsp3) is 0.533. The number of carbonyl (C=O) groups is 1. The van der Waals surface area contributed by atoms with Gasteiger partial charge in [-0.25, -0.2) is 4.79 Å². The van der Waals surface area contributed by atoms with Crippen molar-refractivity contribution in [1.82, 2.24) is 0 Å². The lowest BCUT2D eigenvalue weighted by Crippen LogP contribution is -2.06. The Labute approximate surface area is 114 Å². The highest BCUT2D eigenvalue weighted by Gasteiger charge is 2.04. The number of allylic oxidation sites excluding steroid dienone is 1. The fourth-order valence-corrected chi connectivity index (χ4v) is 1.68. The molecule has 0 aromatic heterocycles. The van der Waals surface area contributed by atoms with Crippen molar-refractivity contribution in [3.05, 3.63) is 36.6 Å². The van der Waals surface area contributed by atoms with Gasteiger partial charge in [0.25, 0.3) is 0 Å². The van der Waals surface area contributed by atoms with E-state index in [-0.39, 0.29) is 12.1 Å². The van der Waals surface area contributed by atoms with E-state index in [9.17, 15) is 9.90 Å². The monoisotopic (exact) mass is 266 g/mol. The molecule has 19 heavy (non-hydrogen) atoms. The molecular weight excluding hydrogens is 244 g/mol. The molecule has 1 atom stereocenters. The van der Waals surface area contributed by atoms with Crippen LogP contribution in [-0.2, 0) is 14.3 Å². The second-order valence-electron chi connectivity index (χ2n) is 4.40. The molecular formula is C15H22O4. The van der Waals surface area contributed by atoms with Crippen LogP contribution in [0.15, 0.2) is 36.6 Å². The zero-order chi connectivity index (χ0) is 13.9. The maximum absolute atomic E-state index is 10.8. The Morgan fingerprint density at radius 1 is 1.37 bits per heavy atom. The summed E-state index contributed by atoms with van der Waals surface area (Å²) in [5.41, 5.74) is 0. The topological polar surface area (TPSA) is 55.8 Å². The van der Waals surface area contributed by atoms with E-state index < -0.39 is 0 Å². The molecule has 0 saturated carbocycles. The molecule has 0 amide bonds. The summed E-state index contributed by atoms with van der Waals surface area (Å²) in [5, 5.41) is 9.25. The second-order valence-corrected chi connectivity index (χ2v) is 4.40. The first-order chi connectivity index (χ1) is 9.22. The zero-order valence-electron chi connectivity index (χ0n) is 11.2. The number of rotatable bonds is 9. The van der Waals surface area contributed by atoms with Crippen molar-refractivity contribution in [2.75, 3.05) is 13.2 Å². The van der Waals surface area contributed by atoms with Gasteiger partial charge in [-0.2, -0.15) is 0 Å². The lowest BCUT2D eigenvalue weighted by atomic mass is 10.1. The Bertz CT molecular complexity index is 344. The summed E-state index contributed by atoms with van der Waals surface area (Å²) >= 11 is 0. The molecule has 1 aliphatic carbocycles. The summed E-state index contributed by atoms with van der Waals surface area (Å²) < 4.78 is 10.4. The number of ether oxygens (including phenoxy) is 2. The second kappa shape index (κ2) is 9.39. The molecule has 0 aromatic carbocycles. The first kappa shape index (κ1) is 15.5. The number of aliphatic hydroxyl groups excluding tert-OH is 1. The third-order valence-corrected chi connectivity index (χ3v) is 2.76. The van der Waals surface area contributed by atoms with Crippen LogP contribution in [0.25, 0.3) is 0 Å².